The van der Waals surface area contributed by atoms with E-state index in [9.17, 15) is 0 Å². The summed E-state index contributed by atoms with van der Waals surface area (Å²) in [6.45, 7) is 4.63. The van der Waals surface area contributed by atoms with Gasteiger partial charge in [0.25, 0.3) is 0 Å². The summed E-state index contributed by atoms with van der Waals surface area (Å²) in [7, 11) is 0. The molecule has 1 aromatic rings. The molecule has 0 spiro atoms. The van der Waals surface area contributed by atoms with Gasteiger partial charge in [-0.3, -0.25) is 0 Å². The number of hydrogen-bond acceptors (Lipinski definition) is 2. The fourth-order valence-electron chi connectivity index (χ4n) is 3.03. The van der Waals surface area contributed by atoms with E-state index < -0.39 is 0 Å². The Balaban J connectivity index is 1.70. The minimum Gasteiger partial charge on any atom is -0.378 e. The Kier molecular flexibility index (Phi) is 6.50. The van der Waals surface area contributed by atoms with Gasteiger partial charge in [-0.1, -0.05) is 18.2 Å². The maximum absolute atomic E-state index is 8.84. The van der Waals surface area contributed by atoms with Gasteiger partial charge in [-0.25, -0.2) is 0 Å². The smallest absolute Gasteiger partial charge is 0.0991 e. The van der Waals surface area contributed by atoms with Gasteiger partial charge in [-0.05, 0) is 68.6 Å². The van der Waals surface area contributed by atoms with E-state index >= 15 is 0 Å². The number of allylic oxidation sites excluding steroid dienone is 1. The van der Waals surface area contributed by atoms with E-state index in [4.69, 9.17) is 10.00 Å². The third-order valence-electron chi connectivity index (χ3n) is 4.34. The van der Waals surface area contributed by atoms with Gasteiger partial charge in [0.15, 0.2) is 0 Å². The van der Waals surface area contributed by atoms with Gasteiger partial charge in [0, 0.05) is 6.61 Å². The normalized spacial score (nSPS) is 21.7. The maximum atomic E-state index is 8.84. The van der Waals surface area contributed by atoms with Crippen molar-refractivity contribution in [3.8, 4) is 6.07 Å². The third-order valence-corrected chi connectivity index (χ3v) is 4.34. The number of nitrogens with zero attached hydrogens (tertiary/aromatic N) is 1. The van der Waals surface area contributed by atoms with Crippen molar-refractivity contribution in [1.29, 1.82) is 5.26 Å². The van der Waals surface area contributed by atoms with E-state index in [2.05, 4.69) is 24.8 Å². The van der Waals surface area contributed by atoms with Crippen LogP contribution in [-0.4, -0.2) is 12.7 Å². The molecular weight excluding hydrogens is 258 g/mol. The largest absolute Gasteiger partial charge is 0.378 e. The van der Waals surface area contributed by atoms with Gasteiger partial charge in [-0.15, -0.1) is 6.58 Å². The fourth-order valence-corrected chi connectivity index (χ4v) is 3.03. The Morgan fingerprint density at radius 2 is 1.86 bits per heavy atom. The van der Waals surface area contributed by atoms with Gasteiger partial charge < -0.3 is 4.74 Å². The molecule has 2 heteroatoms. The maximum Gasteiger partial charge on any atom is 0.0991 e. The van der Waals surface area contributed by atoms with Gasteiger partial charge >= 0.3 is 0 Å². The Morgan fingerprint density at radius 3 is 2.48 bits per heavy atom. The molecule has 21 heavy (non-hydrogen) atoms. The number of nitriles is 1. The lowest BCUT2D eigenvalue weighted by Gasteiger charge is -2.29. The predicted octanol–water partition coefficient (Wildman–Crippen LogP) is 4.96. The predicted molar refractivity (Wildman–Crippen MR) is 86.2 cm³/mol. The van der Waals surface area contributed by atoms with E-state index in [1.165, 1.54) is 24.8 Å². The van der Waals surface area contributed by atoms with Crippen molar-refractivity contribution in [2.75, 3.05) is 6.61 Å². The van der Waals surface area contributed by atoms with Crippen LogP contribution in [0.1, 0.15) is 62.0 Å². The second kappa shape index (κ2) is 8.64. The third kappa shape index (κ3) is 5.02. The quantitative estimate of drug-likeness (QED) is 0.523. The molecule has 0 aliphatic heterocycles. The summed E-state index contributed by atoms with van der Waals surface area (Å²) in [5.74, 6) is 0.637. The first kappa shape index (κ1) is 15.8. The summed E-state index contributed by atoms with van der Waals surface area (Å²) >= 11 is 0. The van der Waals surface area contributed by atoms with Crippen LogP contribution in [0.3, 0.4) is 0 Å². The minimum absolute atomic E-state index is 0.448. The highest BCUT2D eigenvalue weighted by Gasteiger charge is 2.22. The summed E-state index contributed by atoms with van der Waals surface area (Å²) in [4.78, 5) is 0. The molecule has 0 heterocycles. The summed E-state index contributed by atoms with van der Waals surface area (Å²) < 4.78 is 5.97. The first-order valence-corrected chi connectivity index (χ1v) is 8.06. The summed E-state index contributed by atoms with van der Waals surface area (Å²) in [6, 6.07) is 10.3. The monoisotopic (exact) mass is 283 g/mol. The first-order chi connectivity index (χ1) is 10.3. The number of rotatable bonds is 7. The molecule has 0 bridgehead atoms. The molecule has 1 aliphatic carbocycles. The lowest BCUT2D eigenvalue weighted by Crippen LogP contribution is -2.21. The molecule has 2 nitrogen and oxygen atoms in total. The van der Waals surface area contributed by atoms with Crippen molar-refractivity contribution in [2.45, 2.75) is 57.0 Å². The van der Waals surface area contributed by atoms with Gasteiger partial charge in [0.1, 0.15) is 0 Å². The topological polar surface area (TPSA) is 33.0 Å². The van der Waals surface area contributed by atoms with Crippen molar-refractivity contribution in [1.82, 2.24) is 0 Å². The summed E-state index contributed by atoms with van der Waals surface area (Å²) in [5, 5.41) is 8.84. The van der Waals surface area contributed by atoms with E-state index in [0.717, 1.165) is 37.9 Å². The lowest BCUT2D eigenvalue weighted by molar-refractivity contribution is 0.0229. The van der Waals surface area contributed by atoms with Crippen LogP contribution in [0.5, 0.6) is 0 Å². The molecule has 0 aromatic heterocycles. The SMILES string of the molecule is C=CCCCCOC1CCC(c2ccc(C#N)cc2)CC1. The average Bonchev–Trinajstić information content (AvgIpc) is 2.55. The molecule has 1 saturated carbocycles. The highest BCUT2D eigenvalue weighted by atomic mass is 16.5. The van der Waals surface area contributed by atoms with E-state index in [-0.39, 0.29) is 0 Å². The lowest BCUT2D eigenvalue weighted by atomic mass is 9.82. The minimum atomic E-state index is 0.448. The van der Waals surface area contributed by atoms with Crippen LogP contribution in [0.15, 0.2) is 36.9 Å². The number of benzene rings is 1. The molecule has 0 saturated heterocycles. The van der Waals surface area contributed by atoms with Crippen molar-refractivity contribution in [3.63, 3.8) is 0 Å². The zero-order valence-electron chi connectivity index (χ0n) is 12.8. The Labute approximate surface area is 128 Å². The van der Waals surface area contributed by atoms with Gasteiger partial charge in [0.2, 0.25) is 0 Å². The van der Waals surface area contributed by atoms with Crippen LogP contribution in [0.2, 0.25) is 0 Å². The van der Waals surface area contributed by atoms with Crippen molar-refractivity contribution < 1.29 is 4.74 Å². The molecule has 1 aliphatic rings. The molecule has 112 valence electrons. The van der Waals surface area contributed by atoms with Crippen LogP contribution in [0, 0.1) is 11.3 Å². The average molecular weight is 283 g/mol. The Morgan fingerprint density at radius 1 is 1.14 bits per heavy atom. The molecular formula is C19H25NO. The molecule has 1 aromatic carbocycles. The summed E-state index contributed by atoms with van der Waals surface area (Å²) in [6.07, 6.45) is 10.6. The highest BCUT2D eigenvalue weighted by Crippen LogP contribution is 2.34. The second-order valence-electron chi connectivity index (χ2n) is 5.86. The standard InChI is InChI=1S/C19H25NO/c1-2-3-4-5-14-21-19-12-10-18(11-13-19)17-8-6-16(15-20)7-9-17/h2,6-9,18-19H,1,3-5,10-14H2. The van der Waals surface area contributed by atoms with Crippen LogP contribution in [0.4, 0.5) is 0 Å². The Hall–Kier alpha value is -1.59. The van der Waals surface area contributed by atoms with Crippen molar-refractivity contribution >= 4 is 0 Å². The molecule has 2 rings (SSSR count). The fraction of sp³-hybridized carbons (Fsp3) is 0.526. The van der Waals surface area contributed by atoms with Gasteiger partial charge in [-0.2, -0.15) is 5.26 Å². The van der Waals surface area contributed by atoms with E-state index in [1.807, 2.05) is 18.2 Å². The molecule has 1 fully saturated rings. The van der Waals surface area contributed by atoms with Crippen LogP contribution in [-0.2, 0) is 4.74 Å². The molecule has 0 unspecified atom stereocenters. The molecule has 0 atom stereocenters. The van der Waals surface area contributed by atoms with Crippen LogP contribution < -0.4 is 0 Å². The number of ether oxygens (including phenoxy) is 1. The van der Waals surface area contributed by atoms with Crippen LogP contribution in [0.25, 0.3) is 0 Å². The zero-order valence-corrected chi connectivity index (χ0v) is 12.8. The summed E-state index contributed by atoms with van der Waals surface area (Å²) in [5.41, 5.74) is 2.12. The number of hydrogen-bond donors (Lipinski definition) is 0. The van der Waals surface area contributed by atoms with Crippen molar-refractivity contribution in [2.24, 2.45) is 0 Å². The van der Waals surface area contributed by atoms with Gasteiger partial charge in [0.05, 0.1) is 17.7 Å². The molecule has 0 amide bonds. The number of unbranched alkanes of at least 4 members (excludes halogenated alkanes) is 2. The highest BCUT2D eigenvalue weighted by molar-refractivity contribution is 5.33. The van der Waals surface area contributed by atoms with E-state index in [0.29, 0.717) is 12.0 Å². The molecule has 0 radical (unpaired) electrons. The van der Waals surface area contributed by atoms with Crippen LogP contribution >= 0.6 is 0 Å². The van der Waals surface area contributed by atoms with E-state index in [1.54, 1.807) is 0 Å². The Bertz CT molecular complexity index is 463. The first-order valence-electron chi connectivity index (χ1n) is 8.06. The molecule has 0 N–H and O–H groups in total. The zero-order chi connectivity index (χ0) is 14.9. The second-order valence-corrected chi connectivity index (χ2v) is 5.86. The van der Waals surface area contributed by atoms with Crippen molar-refractivity contribution in [3.05, 3.63) is 48.0 Å².